The third-order valence-corrected chi connectivity index (χ3v) is 2.83. The minimum Gasteiger partial charge on any atom is -0.494 e. The topological polar surface area (TPSA) is 63.2 Å². The third kappa shape index (κ3) is 5.14. The van der Waals surface area contributed by atoms with E-state index in [1.165, 1.54) is 0 Å². The van der Waals surface area contributed by atoms with Crippen LogP contribution in [0.5, 0.6) is 5.75 Å². The lowest BCUT2D eigenvalue weighted by atomic mass is 10.3. The number of pyridine rings is 1. The van der Waals surface area contributed by atoms with Crippen LogP contribution < -0.4 is 15.4 Å². The zero-order valence-electron chi connectivity index (χ0n) is 12.0. The smallest absolute Gasteiger partial charge is 0.239 e. The van der Waals surface area contributed by atoms with Gasteiger partial charge in [-0.15, -0.1) is 0 Å². The lowest BCUT2D eigenvalue weighted by Crippen LogP contribution is -2.29. The van der Waals surface area contributed by atoms with E-state index in [4.69, 9.17) is 4.74 Å². The van der Waals surface area contributed by atoms with Gasteiger partial charge in [-0.3, -0.25) is 9.78 Å². The standard InChI is InChI=1S/C16H19N3O2/c1-2-21-15-7-5-14(6-8-15)18-12-16(20)19-11-13-4-3-9-17-10-13/h3-10,18H,2,11-12H2,1H3,(H,19,20). The molecule has 0 atom stereocenters. The summed E-state index contributed by atoms with van der Waals surface area (Å²) in [6.45, 7) is 3.30. The Kier molecular flexibility index (Phi) is 5.58. The fraction of sp³-hybridized carbons (Fsp3) is 0.250. The third-order valence-electron chi connectivity index (χ3n) is 2.83. The van der Waals surface area contributed by atoms with Gasteiger partial charge >= 0.3 is 0 Å². The molecule has 0 fully saturated rings. The molecule has 110 valence electrons. The molecule has 0 spiro atoms. The van der Waals surface area contributed by atoms with Gasteiger partial charge in [-0.25, -0.2) is 0 Å². The molecular weight excluding hydrogens is 266 g/mol. The second-order valence-electron chi connectivity index (χ2n) is 4.45. The van der Waals surface area contributed by atoms with E-state index in [1.54, 1.807) is 12.4 Å². The quantitative estimate of drug-likeness (QED) is 0.818. The summed E-state index contributed by atoms with van der Waals surface area (Å²) in [5.74, 6) is 0.761. The van der Waals surface area contributed by atoms with Crippen LogP contribution >= 0.6 is 0 Å². The maximum Gasteiger partial charge on any atom is 0.239 e. The number of amides is 1. The van der Waals surface area contributed by atoms with Gasteiger partial charge in [0.2, 0.25) is 5.91 Å². The zero-order chi connectivity index (χ0) is 14.9. The molecule has 0 aliphatic rings. The molecule has 0 radical (unpaired) electrons. The summed E-state index contributed by atoms with van der Waals surface area (Å²) in [7, 11) is 0. The van der Waals surface area contributed by atoms with Crippen molar-refractivity contribution in [1.82, 2.24) is 10.3 Å². The summed E-state index contributed by atoms with van der Waals surface area (Å²) >= 11 is 0. The molecule has 21 heavy (non-hydrogen) atoms. The monoisotopic (exact) mass is 285 g/mol. The van der Waals surface area contributed by atoms with E-state index in [9.17, 15) is 4.79 Å². The molecule has 1 aromatic heterocycles. The van der Waals surface area contributed by atoms with Crippen LogP contribution in [0.25, 0.3) is 0 Å². The van der Waals surface area contributed by atoms with Crippen LogP contribution in [0.15, 0.2) is 48.8 Å². The van der Waals surface area contributed by atoms with Gasteiger partial charge in [-0.2, -0.15) is 0 Å². The molecule has 5 heteroatoms. The number of hydrogen-bond acceptors (Lipinski definition) is 4. The Morgan fingerprint density at radius 3 is 2.71 bits per heavy atom. The molecule has 0 unspecified atom stereocenters. The lowest BCUT2D eigenvalue weighted by Gasteiger charge is -2.09. The van der Waals surface area contributed by atoms with Crippen molar-refractivity contribution in [2.24, 2.45) is 0 Å². The van der Waals surface area contributed by atoms with Crippen molar-refractivity contribution < 1.29 is 9.53 Å². The Balaban J connectivity index is 1.73. The maximum atomic E-state index is 11.7. The Morgan fingerprint density at radius 2 is 2.05 bits per heavy atom. The summed E-state index contributed by atoms with van der Waals surface area (Å²) < 4.78 is 5.36. The molecule has 1 amide bonds. The SMILES string of the molecule is CCOc1ccc(NCC(=O)NCc2cccnc2)cc1. The molecule has 1 heterocycles. The van der Waals surface area contributed by atoms with Crippen molar-refractivity contribution >= 4 is 11.6 Å². The van der Waals surface area contributed by atoms with Gasteiger partial charge in [-0.05, 0) is 42.8 Å². The molecule has 0 aliphatic heterocycles. The molecule has 5 nitrogen and oxygen atoms in total. The minimum atomic E-state index is -0.0623. The van der Waals surface area contributed by atoms with Crippen molar-refractivity contribution in [2.75, 3.05) is 18.5 Å². The number of carbonyl (C=O) groups excluding carboxylic acids is 1. The molecule has 0 saturated carbocycles. The maximum absolute atomic E-state index is 11.7. The van der Waals surface area contributed by atoms with E-state index in [-0.39, 0.29) is 12.5 Å². The van der Waals surface area contributed by atoms with Crippen LogP contribution in [0, 0.1) is 0 Å². The minimum absolute atomic E-state index is 0.0623. The number of rotatable bonds is 7. The summed E-state index contributed by atoms with van der Waals surface area (Å²) in [6.07, 6.45) is 3.44. The second-order valence-corrected chi connectivity index (χ2v) is 4.45. The average Bonchev–Trinajstić information content (AvgIpc) is 2.53. The number of nitrogens with one attached hydrogen (secondary N) is 2. The first-order valence-electron chi connectivity index (χ1n) is 6.90. The Morgan fingerprint density at radius 1 is 1.24 bits per heavy atom. The number of aromatic nitrogens is 1. The van der Waals surface area contributed by atoms with Crippen molar-refractivity contribution in [3.05, 3.63) is 54.4 Å². The van der Waals surface area contributed by atoms with E-state index in [0.29, 0.717) is 13.2 Å². The van der Waals surface area contributed by atoms with E-state index < -0.39 is 0 Å². The van der Waals surface area contributed by atoms with Crippen molar-refractivity contribution in [3.8, 4) is 5.75 Å². The highest BCUT2D eigenvalue weighted by molar-refractivity contribution is 5.80. The summed E-state index contributed by atoms with van der Waals surface area (Å²) in [5.41, 5.74) is 1.86. The number of nitrogens with zero attached hydrogens (tertiary/aromatic N) is 1. The van der Waals surface area contributed by atoms with Crippen LogP contribution in [0.1, 0.15) is 12.5 Å². The van der Waals surface area contributed by atoms with Crippen LogP contribution in [0.3, 0.4) is 0 Å². The van der Waals surface area contributed by atoms with Gasteiger partial charge in [0.25, 0.3) is 0 Å². The Labute approximate surface area is 124 Å². The van der Waals surface area contributed by atoms with Gasteiger partial charge in [0.05, 0.1) is 13.2 Å². The Bertz CT molecular complexity index is 555. The van der Waals surface area contributed by atoms with Crippen molar-refractivity contribution in [2.45, 2.75) is 13.5 Å². The van der Waals surface area contributed by atoms with E-state index in [1.807, 2.05) is 43.3 Å². The average molecular weight is 285 g/mol. The van der Waals surface area contributed by atoms with Crippen LogP contribution in [0.2, 0.25) is 0 Å². The number of anilines is 1. The molecule has 0 saturated heterocycles. The molecular formula is C16H19N3O2. The van der Waals surface area contributed by atoms with Crippen LogP contribution in [-0.4, -0.2) is 24.0 Å². The fourth-order valence-electron chi connectivity index (χ4n) is 1.78. The van der Waals surface area contributed by atoms with Crippen molar-refractivity contribution in [3.63, 3.8) is 0 Å². The summed E-state index contributed by atoms with van der Waals surface area (Å²) in [4.78, 5) is 15.7. The first kappa shape index (κ1) is 14.8. The highest BCUT2D eigenvalue weighted by atomic mass is 16.5. The first-order valence-corrected chi connectivity index (χ1v) is 6.90. The molecule has 2 N–H and O–H groups in total. The molecule has 0 aliphatic carbocycles. The van der Waals surface area contributed by atoms with Gasteiger partial charge < -0.3 is 15.4 Å². The number of benzene rings is 1. The molecule has 1 aromatic carbocycles. The predicted molar refractivity (Wildman–Crippen MR) is 82.2 cm³/mol. The van der Waals surface area contributed by atoms with Gasteiger partial charge in [-0.1, -0.05) is 6.07 Å². The largest absolute Gasteiger partial charge is 0.494 e. The molecule has 2 aromatic rings. The highest BCUT2D eigenvalue weighted by Crippen LogP contribution is 2.15. The van der Waals surface area contributed by atoms with Crippen LogP contribution in [-0.2, 0) is 11.3 Å². The number of ether oxygens (including phenoxy) is 1. The van der Waals surface area contributed by atoms with Crippen LogP contribution in [0.4, 0.5) is 5.69 Å². The molecule has 0 bridgehead atoms. The normalized spacial score (nSPS) is 9.95. The lowest BCUT2D eigenvalue weighted by molar-refractivity contribution is -0.119. The van der Waals surface area contributed by atoms with E-state index in [0.717, 1.165) is 17.0 Å². The number of hydrogen-bond donors (Lipinski definition) is 2. The number of carbonyl (C=O) groups is 1. The van der Waals surface area contributed by atoms with Gasteiger partial charge in [0, 0.05) is 24.6 Å². The predicted octanol–water partition coefficient (Wildman–Crippen LogP) is 2.21. The highest BCUT2D eigenvalue weighted by Gasteiger charge is 2.01. The van der Waals surface area contributed by atoms with E-state index in [2.05, 4.69) is 15.6 Å². The van der Waals surface area contributed by atoms with Gasteiger partial charge in [0.1, 0.15) is 5.75 Å². The summed E-state index contributed by atoms with van der Waals surface area (Å²) in [6, 6.07) is 11.3. The summed E-state index contributed by atoms with van der Waals surface area (Å²) in [5, 5.41) is 5.90. The zero-order valence-corrected chi connectivity index (χ0v) is 12.0. The van der Waals surface area contributed by atoms with Crippen molar-refractivity contribution in [1.29, 1.82) is 0 Å². The first-order chi connectivity index (χ1) is 10.3. The fourth-order valence-corrected chi connectivity index (χ4v) is 1.78. The van der Waals surface area contributed by atoms with Gasteiger partial charge in [0.15, 0.2) is 0 Å². The van der Waals surface area contributed by atoms with E-state index >= 15 is 0 Å². The Hall–Kier alpha value is -2.56. The molecule has 2 rings (SSSR count). The second kappa shape index (κ2) is 7.89.